The topological polar surface area (TPSA) is 55.0 Å². The van der Waals surface area contributed by atoms with Crippen LogP contribution >= 0.6 is 0 Å². The summed E-state index contributed by atoms with van der Waals surface area (Å²) in [6.45, 7) is 6.29. The molecule has 1 aromatic carbocycles. The molecule has 1 atom stereocenters. The maximum absolute atomic E-state index is 5.96. The number of nitrogens with zero attached hydrogens (tertiary/aromatic N) is 3. The zero-order valence-corrected chi connectivity index (χ0v) is 13.3. The molecule has 0 spiro atoms. The highest BCUT2D eigenvalue weighted by molar-refractivity contribution is 5.58. The SMILES string of the molecule is CCC(N)Cc1cnc(N(C)c2cc(C)cc(C)c2)nc1. The Morgan fingerprint density at radius 1 is 1.10 bits per heavy atom. The van der Waals surface area contributed by atoms with E-state index in [9.17, 15) is 0 Å². The van der Waals surface area contributed by atoms with E-state index >= 15 is 0 Å². The molecule has 1 unspecified atom stereocenters. The fourth-order valence-corrected chi connectivity index (χ4v) is 2.33. The second-order valence-electron chi connectivity index (χ2n) is 5.67. The first kappa shape index (κ1) is 15.4. The number of nitrogens with two attached hydrogens (primary N) is 1. The van der Waals surface area contributed by atoms with E-state index in [1.54, 1.807) is 0 Å². The van der Waals surface area contributed by atoms with Crippen LogP contribution in [0.5, 0.6) is 0 Å². The molecule has 2 N–H and O–H groups in total. The monoisotopic (exact) mass is 284 g/mol. The van der Waals surface area contributed by atoms with Gasteiger partial charge in [-0.15, -0.1) is 0 Å². The highest BCUT2D eigenvalue weighted by Crippen LogP contribution is 2.22. The molecular formula is C17H24N4. The Morgan fingerprint density at radius 3 is 2.19 bits per heavy atom. The minimum absolute atomic E-state index is 0.177. The largest absolute Gasteiger partial charge is 0.327 e. The van der Waals surface area contributed by atoms with E-state index in [2.05, 4.69) is 48.9 Å². The van der Waals surface area contributed by atoms with Gasteiger partial charge in [0.05, 0.1) is 0 Å². The summed E-state index contributed by atoms with van der Waals surface area (Å²) in [5.74, 6) is 0.703. The Kier molecular flexibility index (Phi) is 4.91. The van der Waals surface area contributed by atoms with Crippen LogP contribution in [0, 0.1) is 13.8 Å². The predicted molar refractivity (Wildman–Crippen MR) is 88.0 cm³/mol. The molecule has 0 radical (unpaired) electrons. The molecule has 0 aliphatic heterocycles. The molecule has 0 aliphatic rings. The van der Waals surface area contributed by atoms with Gasteiger partial charge < -0.3 is 10.6 Å². The van der Waals surface area contributed by atoms with E-state index in [-0.39, 0.29) is 6.04 Å². The van der Waals surface area contributed by atoms with E-state index in [1.807, 2.05) is 24.3 Å². The van der Waals surface area contributed by atoms with Crippen LogP contribution in [0.2, 0.25) is 0 Å². The van der Waals surface area contributed by atoms with E-state index < -0.39 is 0 Å². The Hall–Kier alpha value is -1.94. The van der Waals surface area contributed by atoms with Crippen molar-refractivity contribution in [1.82, 2.24) is 9.97 Å². The van der Waals surface area contributed by atoms with Crippen molar-refractivity contribution in [2.45, 2.75) is 39.7 Å². The van der Waals surface area contributed by atoms with Crippen LogP contribution in [0.1, 0.15) is 30.0 Å². The first-order valence-electron chi connectivity index (χ1n) is 7.38. The van der Waals surface area contributed by atoms with Gasteiger partial charge >= 0.3 is 0 Å². The van der Waals surface area contributed by atoms with E-state index in [0.717, 1.165) is 24.1 Å². The second-order valence-corrected chi connectivity index (χ2v) is 5.67. The molecule has 0 fully saturated rings. The van der Waals surface area contributed by atoms with Gasteiger partial charge in [-0.3, -0.25) is 0 Å². The van der Waals surface area contributed by atoms with E-state index in [4.69, 9.17) is 5.73 Å². The number of hydrogen-bond donors (Lipinski definition) is 1. The van der Waals surface area contributed by atoms with Gasteiger partial charge in [0.2, 0.25) is 5.95 Å². The van der Waals surface area contributed by atoms with Crippen molar-refractivity contribution in [3.8, 4) is 0 Å². The van der Waals surface area contributed by atoms with Crippen LogP contribution in [0.3, 0.4) is 0 Å². The Balaban J connectivity index is 2.17. The van der Waals surface area contributed by atoms with Crippen molar-refractivity contribution in [2.24, 2.45) is 5.73 Å². The van der Waals surface area contributed by atoms with Crippen molar-refractivity contribution in [3.05, 3.63) is 47.3 Å². The van der Waals surface area contributed by atoms with Crippen LogP contribution in [0.25, 0.3) is 0 Å². The average Bonchev–Trinajstić information content (AvgIpc) is 2.46. The molecule has 4 nitrogen and oxygen atoms in total. The highest BCUT2D eigenvalue weighted by atomic mass is 15.2. The molecule has 1 heterocycles. The molecule has 4 heteroatoms. The normalized spacial score (nSPS) is 12.2. The lowest BCUT2D eigenvalue weighted by atomic mass is 10.1. The number of anilines is 2. The average molecular weight is 284 g/mol. The van der Waals surface area contributed by atoms with Gasteiger partial charge in [0.1, 0.15) is 0 Å². The molecule has 0 bridgehead atoms. The molecule has 0 aliphatic carbocycles. The quantitative estimate of drug-likeness (QED) is 0.916. The molecule has 0 saturated carbocycles. The summed E-state index contributed by atoms with van der Waals surface area (Å²) in [6.07, 6.45) is 5.53. The van der Waals surface area contributed by atoms with Crippen LogP contribution in [-0.4, -0.2) is 23.1 Å². The van der Waals surface area contributed by atoms with Gasteiger partial charge in [-0.1, -0.05) is 13.0 Å². The summed E-state index contributed by atoms with van der Waals surface area (Å²) < 4.78 is 0. The number of hydrogen-bond acceptors (Lipinski definition) is 4. The molecule has 0 saturated heterocycles. The molecule has 0 amide bonds. The van der Waals surface area contributed by atoms with Crippen molar-refractivity contribution in [1.29, 1.82) is 0 Å². The minimum atomic E-state index is 0.177. The number of rotatable bonds is 5. The molecule has 2 rings (SSSR count). The van der Waals surface area contributed by atoms with Crippen molar-refractivity contribution in [2.75, 3.05) is 11.9 Å². The third-order valence-corrected chi connectivity index (χ3v) is 3.61. The van der Waals surface area contributed by atoms with Crippen LogP contribution < -0.4 is 10.6 Å². The van der Waals surface area contributed by atoms with Crippen LogP contribution in [0.4, 0.5) is 11.6 Å². The Bertz CT molecular complexity index is 572. The first-order chi connectivity index (χ1) is 9.99. The highest BCUT2D eigenvalue weighted by Gasteiger charge is 2.09. The number of aryl methyl sites for hydroxylation is 2. The van der Waals surface area contributed by atoms with Crippen molar-refractivity contribution >= 4 is 11.6 Å². The maximum atomic E-state index is 5.96. The van der Waals surface area contributed by atoms with Gasteiger partial charge in [0, 0.05) is 31.2 Å². The fourth-order valence-electron chi connectivity index (χ4n) is 2.33. The fraction of sp³-hybridized carbons (Fsp3) is 0.412. The molecule has 1 aromatic heterocycles. The molecule has 112 valence electrons. The summed E-state index contributed by atoms with van der Waals surface area (Å²) in [6, 6.07) is 6.61. The summed E-state index contributed by atoms with van der Waals surface area (Å²) >= 11 is 0. The molecule has 21 heavy (non-hydrogen) atoms. The lowest BCUT2D eigenvalue weighted by Gasteiger charge is -2.18. The molecular weight excluding hydrogens is 260 g/mol. The Morgan fingerprint density at radius 2 is 1.67 bits per heavy atom. The standard InChI is InChI=1S/C17H24N4/c1-5-15(18)9-14-10-19-17(20-11-14)21(4)16-7-12(2)6-13(3)8-16/h6-8,10-11,15H,5,9,18H2,1-4H3. The zero-order chi connectivity index (χ0) is 15.4. The summed E-state index contributed by atoms with van der Waals surface area (Å²) in [5.41, 5.74) is 10.6. The molecule has 2 aromatic rings. The lowest BCUT2D eigenvalue weighted by molar-refractivity contribution is 0.643. The van der Waals surface area contributed by atoms with Gasteiger partial charge in [-0.25, -0.2) is 9.97 Å². The number of aromatic nitrogens is 2. The van der Waals surface area contributed by atoms with Crippen LogP contribution in [-0.2, 0) is 6.42 Å². The minimum Gasteiger partial charge on any atom is -0.327 e. The van der Waals surface area contributed by atoms with Crippen molar-refractivity contribution < 1.29 is 0 Å². The van der Waals surface area contributed by atoms with E-state index in [1.165, 1.54) is 11.1 Å². The van der Waals surface area contributed by atoms with Gasteiger partial charge in [-0.2, -0.15) is 0 Å². The summed E-state index contributed by atoms with van der Waals surface area (Å²) in [7, 11) is 1.99. The van der Waals surface area contributed by atoms with Gasteiger partial charge in [-0.05, 0) is 55.5 Å². The van der Waals surface area contributed by atoms with Crippen LogP contribution in [0.15, 0.2) is 30.6 Å². The predicted octanol–water partition coefficient (Wildman–Crippen LogP) is 3.14. The van der Waals surface area contributed by atoms with Gasteiger partial charge in [0.25, 0.3) is 0 Å². The smallest absolute Gasteiger partial charge is 0.229 e. The van der Waals surface area contributed by atoms with Gasteiger partial charge in [0.15, 0.2) is 0 Å². The lowest BCUT2D eigenvalue weighted by Crippen LogP contribution is -2.22. The van der Waals surface area contributed by atoms with E-state index in [0.29, 0.717) is 5.95 Å². The third kappa shape index (κ3) is 4.02. The zero-order valence-electron chi connectivity index (χ0n) is 13.3. The summed E-state index contributed by atoms with van der Waals surface area (Å²) in [4.78, 5) is 10.9. The summed E-state index contributed by atoms with van der Waals surface area (Å²) in [5, 5.41) is 0. The third-order valence-electron chi connectivity index (χ3n) is 3.61. The first-order valence-corrected chi connectivity index (χ1v) is 7.38. The second kappa shape index (κ2) is 6.68. The number of benzene rings is 1. The van der Waals surface area contributed by atoms with Crippen molar-refractivity contribution in [3.63, 3.8) is 0 Å². The maximum Gasteiger partial charge on any atom is 0.229 e. The Labute approximate surface area is 127 Å².